The SMILES string of the molecule is CC(C)(C)OC(=O)N1CC(c2ccccc2)C(c2ccc(Br)cc2)C1. The fourth-order valence-corrected chi connectivity index (χ4v) is 3.63. The number of carbonyl (C=O) groups excluding carboxylic acids is 1. The summed E-state index contributed by atoms with van der Waals surface area (Å²) < 4.78 is 6.65. The van der Waals surface area contributed by atoms with Crippen LogP contribution in [0.4, 0.5) is 4.79 Å². The third-order valence-electron chi connectivity index (χ3n) is 4.50. The summed E-state index contributed by atoms with van der Waals surface area (Å²) in [4.78, 5) is 14.4. The molecule has 0 aromatic heterocycles. The molecule has 1 aliphatic heterocycles. The summed E-state index contributed by atoms with van der Waals surface area (Å²) in [5.74, 6) is 0.540. The molecule has 0 aliphatic carbocycles. The minimum atomic E-state index is -0.477. The zero-order valence-electron chi connectivity index (χ0n) is 14.9. The van der Waals surface area contributed by atoms with Crippen molar-refractivity contribution in [3.8, 4) is 0 Å². The van der Waals surface area contributed by atoms with Gasteiger partial charge in [0, 0.05) is 29.4 Å². The van der Waals surface area contributed by atoms with E-state index in [1.54, 1.807) is 0 Å². The van der Waals surface area contributed by atoms with Crippen molar-refractivity contribution in [3.63, 3.8) is 0 Å². The van der Waals surface area contributed by atoms with Crippen molar-refractivity contribution in [3.05, 3.63) is 70.2 Å². The van der Waals surface area contributed by atoms with E-state index in [0.717, 1.165) is 4.47 Å². The smallest absolute Gasteiger partial charge is 0.410 e. The van der Waals surface area contributed by atoms with Gasteiger partial charge in [0.05, 0.1) is 0 Å². The maximum Gasteiger partial charge on any atom is 0.410 e. The van der Waals surface area contributed by atoms with Gasteiger partial charge in [0.2, 0.25) is 0 Å². The highest BCUT2D eigenvalue weighted by molar-refractivity contribution is 9.10. The lowest BCUT2D eigenvalue weighted by atomic mass is 9.84. The molecule has 3 nitrogen and oxygen atoms in total. The summed E-state index contributed by atoms with van der Waals surface area (Å²) in [7, 11) is 0. The first-order chi connectivity index (χ1) is 11.8. The predicted octanol–water partition coefficient (Wildman–Crippen LogP) is 5.57. The zero-order chi connectivity index (χ0) is 18.0. The van der Waals surface area contributed by atoms with E-state index in [1.165, 1.54) is 11.1 Å². The van der Waals surface area contributed by atoms with E-state index >= 15 is 0 Å². The molecule has 25 heavy (non-hydrogen) atoms. The third kappa shape index (κ3) is 4.43. The maximum atomic E-state index is 12.6. The Morgan fingerprint density at radius 3 is 2.00 bits per heavy atom. The highest BCUT2D eigenvalue weighted by Crippen LogP contribution is 2.40. The van der Waals surface area contributed by atoms with Crippen molar-refractivity contribution < 1.29 is 9.53 Å². The fraction of sp³-hybridized carbons (Fsp3) is 0.381. The van der Waals surface area contributed by atoms with Gasteiger partial charge in [-0.2, -0.15) is 0 Å². The lowest BCUT2D eigenvalue weighted by Crippen LogP contribution is -2.35. The summed E-state index contributed by atoms with van der Waals surface area (Å²) in [5.41, 5.74) is 2.04. The Hall–Kier alpha value is -1.81. The fourth-order valence-electron chi connectivity index (χ4n) is 3.37. The van der Waals surface area contributed by atoms with Gasteiger partial charge >= 0.3 is 6.09 Å². The molecular formula is C21H24BrNO2. The minimum absolute atomic E-state index is 0.229. The molecule has 0 saturated carbocycles. The molecule has 4 heteroatoms. The molecule has 0 N–H and O–H groups in total. The third-order valence-corrected chi connectivity index (χ3v) is 5.03. The normalized spacial score (nSPS) is 20.6. The van der Waals surface area contributed by atoms with Crippen molar-refractivity contribution in [2.24, 2.45) is 0 Å². The Morgan fingerprint density at radius 1 is 0.960 bits per heavy atom. The van der Waals surface area contributed by atoms with E-state index in [4.69, 9.17) is 4.74 Å². The molecule has 2 aromatic carbocycles. The van der Waals surface area contributed by atoms with Crippen LogP contribution in [0.2, 0.25) is 0 Å². The van der Waals surface area contributed by atoms with Gasteiger partial charge < -0.3 is 9.64 Å². The molecular weight excluding hydrogens is 378 g/mol. The van der Waals surface area contributed by atoms with E-state index in [0.29, 0.717) is 13.1 Å². The lowest BCUT2D eigenvalue weighted by molar-refractivity contribution is 0.0290. The van der Waals surface area contributed by atoms with Gasteiger partial charge in [-0.05, 0) is 44.0 Å². The highest BCUT2D eigenvalue weighted by Gasteiger charge is 2.38. The second-order valence-corrected chi connectivity index (χ2v) is 8.48. The van der Waals surface area contributed by atoms with E-state index in [-0.39, 0.29) is 17.9 Å². The minimum Gasteiger partial charge on any atom is -0.444 e. The van der Waals surface area contributed by atoms with Crippen LogP contribution < -0.4 is 0 Å². The van der Waals surface area contributed by atoms with Crippen LogP contribution in [0.25, 0.3) is 0 Å². The first-order valence-corrected chi connectivity index (χ1v) is 9.41. The van der Waals surface area contributed by atoms with Crippen LogP contribution in [0.3, 0.4) is 0 Å². The second-order valence-electron chi connectivity index (χ2n) is 7.56. The summed E-state index contributed by atoms with van der Waals surface area (Å²) in [6.07, 6.45) is -0.229. The molecule has 1 amide bonds. The molecule has 1 aliphatic rings. The maximum absolute atomic E-state index is 12.6. The number of ether oxygens (including phenoxy) is 1. The Bertz CT molecular complexity index is 722. The van der Waals surface area contributed by atoms with Crippen LogP contribution >= 0.6 is 15.9 Å². The van der Waals surface area contributed by atoms with Gasteiger partial charge in [0.1, 0.15) is 5.60 Å². The van der Waals surface area contributed by atoms with Crippen LogP contribution in [-0.4, -0.2) is 29.7 Å². The summed E-state index contributed by atoms with van der Waals surface area (Å²) in [5, 5.41) is 0. The molecule has 2 unspecified atom stereocenters. The Kier molecular flexibility index (Phi) is 5.19. The zero-order valence-corrected chi connectivity index (χ0v) is 16.5. The van der Waals surface area contributed by atoms with Crippen LogP contribution in [0.15, 0.2) is 59.1 Å². The van der Waals surface area contributed by atoms with Crippen LogP contribution in [0.5, 0.6) is 0 Å². The quantitative estimate of drug-likeness (QED) is 0.658. The standard InChI is InChI=1S/C21H24BrNO2/c1-21(2,3)25-20(24)23-13-18(15-7-5-4-6-8-15)19(14-23)16-9-11-17(22)12-10-16/h4-12,18-19H,13-14H2,1-3H3. The lowest BCUT2D eigenvalue weighted by Gasteiger charge is -2.24. The first kappa shape index (κ1) is 18.0. The van der Waals surface area contributed by atoms with Crippen molar-refractivity contribution >= 4 is 22.0 Å². The van der Waals surface area contributed by atoms with Crippen LogP contribution in [-0.2, 0) is 4.74 Å². The van der Waals surface area contributed by atoms with Gasteiger partial charge in [-0.15, -0.1) is 0 Å². The summed E-state index contributed by atoms with van der Waals surface area (Å²) >= 11 is 3.50. The monoisotopic (exact) mass is 401 g/mol. The van der Waals surface area contributed by atoms with Gasteiger partial charge in [-0.25, -0.2) is 4.79 Å². The Morgan fingerprint density at radius 2 is 1.48 bits per heavy atom. The van der Waals surface area contributed by atoms with Crippen molar-refractivity contribution in [2.75, 3.05) is 13.1 Å². The van der Waals surface area contributed by atoms with E-state index < -0.39 is 5.60 Å². The number of likely N-dealkylation sites (tertiary alicyclic amines) is 1. The largest absolute Gasteiger partial charge is 0.444 e. The first-order valence-electron chi connectivity index (χ1n) is 8.62. The van der Waals surface area contributed by atoms with E-state index in [1.807, 2.05) is 31.7 Å². The molecule has 2 aromatic rings. The van der Waals surface area contributed by atoms with Gasteiger partial charge in [-0.1, -0.05) is 58.4 Å². The Balaban J connectivity index is 1.87. The van der Waals surface area contributed by atoms with Crippen LogP contribution in [0.1, 0.15) is 43.7 Å². The van der Waals surface area contributed by atoms with Gasteiger partial charge in [0.15, 0.2) is 0 Å². The summed E-state index contributed by atoms with van der Waals surface area (Å²) in [6, 6.07) is 18.9. The molecule has 0 bridgehead atoms. The molecule has 1 heterocycles. The molecule has 0 radical (unpaired) electrons. The average Bonchev–Trinajstić information content (AvgIpc) is 3.00. The molecule has 0 spiro atoms. The number of hydrogen-bond donors (Lipinski definition) is 0. The molecule has 2 atom stereocenters. The van der Waals surface area contributed by atoms with Crippen LogP contribution in [0, 0.1) is 0 Å². The predicted molar refractivity (Wildman–Crippen MR) is 104 cm³/mol. The number of benzene rings is 2. The van der Waals surface area contributed by atoms with E-state index in [9.17, 15) is 4.79 Å². The number of carbonyl (C=O) groups is 1. The number of hydrogen-bond acceptors (Lipinski definition) is 2. The van der Waals surface area contributed by atoms with Crippen molar-refractivity contribution in [1.82, 2.24) is 4.90 Å². The summed E-state index contributed by atoms with van der Waals surface area (Å²) in [6.45, 7) is 7.07. The van der Waals surface area contributed by atoms with Crippen molar-refractivity contribution in [2.45, 2.75) is 38.2 Å². The number of rotatable bonds is 2. The topological polar surface area (TPSA) is 29.5 Å². The molecule has 132 valence electrons. The van der Waals surface area contributed by atoms with Crippen molar-refractivity contribution in [1.29, 1.82) is 0 Å². The second kappa shape index (κ2) is 7.20. The average molecular weight is 402 g/mol. The van der Waals surface area contributed by atoms with Gasteiger partial charge in [-0.3, -0.25) is 0 Å². The van der Waals surface area contributed by atoms with E-state index in [2.05, 4.69) is 64.5 Å². The number of halogens is 1. The Labute approximate surface area is 158 Å². The highest BCUT2D eigenvalue weighted by atomic mass is 79.9. The molecule has 1 saturated heterocycles. The number of amides is 1. The van der Waals surface area contributed by atoms with Gasteiger partial charge in [0.25, 0.3) is 0 Å². The number of nitrogens with zero attached hydrogens (tertiary/aromatic N) is 1. The molecule has 1 fully saturated rings. The molecule has 3 rings (SSSR count).